The fourth-order valence-corrected chi connectivity index (χ4v) is 3.39. The van der Waals surface area contributed by atoms with Crippen molar-refractivity contribution in [3.05, 3.63) is 42.2 Å². The normalized spacial score (nSPS) is 12.4. The number of carbonyl (C=O) groups is 2. The lowest BCUT2D eigenvalue weighted by Gasteiger charge is -2.15. The minimum absolute atomic E-state index is 0.0498. The molecule has 11 heteroatoms. The summed E-state index contributed by atoms with van der Waals surface area (Å²) in [6.07, 6.45) is 2.51. The minimum atomic E-state index is -3.90. The molecule has 1 heterocycles. The molecule has 1 aromatic carbocycles. The summed E-state index contributed by atoms with van der Waals surface area (Å²) in [5, 5.41) is 8.99. The first-order chi connectivity index (χ1) is 12.7. The van der Waals surface area contributed by atoms with E-state index in [-0.39, 0.29) is 28.6 Å². The first-order valence-electron chi connectivity index (χ1n) is 8.13. The lowest BCUT2D eigenvalue weighted by Crippen LogP contribution is -2.41. The zero-order valence-electron chi connectivity index (χ0n) is 15.0. The van der Waals surface area contributed by atoms with Crippen LogP contribution in [-0.2, 0) is 21.9 Å². The van der Waals surface area contributed by atoms with Crippen LogP contribution < -0.4 is 21.1 Å². The summed E-state index contributed by atoms with van der Waals surface area (Å²) in [5.41, 5.74) is 5.89. The molecule has 1 unspecified atom stereocenters. The second-order valence-corrected chi connectivity index (χ2v) is 7.49. The maximum absolute atomic E-state index is 12.4. The number of para-hydroxylation sites is 1. The standard InChI is InChI=1S/C16H22N6O4S/c1-11(21-27(25,26)12-9-19-22(2)10-12)15(23)20-14-6-4-3-5-13(14)16(24)18-8-7-17/h3-6,9-11,21H,7-8,17H2,1-2H3,(H,18,24)(H,20,23). The number of nitrogens with zero attached hydrogens (tertiary/aromatic N) is 2. The predicted molar refractivity (Wildman–Crippen MR) is 99.5 cm³/mol. The van der Waals surface area contributed by atoms with E-state index in [1.54, 1.807) is 31.3 Å². The Morgan fingerprint density at radius 1 is 1.30 bits per heavy atom. The Bertz CT molecular complexity index is 924. The number of anilines is 1. The molecule has 1 atom stereocenters. The van der Waals surface area contributed by atoms with Crippen LogP contribution in [0.4, 0.5) is 5.69 Å². The molecule has 0 aliphatic rings. The SMILES string of the molecule is CC(NS(=O)(=O)c1cnn(C)c1)C(=O)Nc1ccccc1C(=O)NCCN. The summed E-state index contributed by atoms with van der Waals surface area (Å²) in [6.45, 7) is 1.98. The average molecular weight is 394 g/mol. The number of rotatable bonds is 8. The van der Waals surface area contributed by atoms with E-state index in [2.05, 4.69) is 20.5 Å². The smallest absolute Gasteiger partial charge is 0.253 e. The number of nitrogens with one attached hydrogen (secondary N) is 3. The highest BCUT2D eigenvalue weighted by atomic mass is 32.2. The molecule has 1 aromatic heterocycles. The molecule has 0 bridgehead atoms. The van der Waals surface area contributed by atoms with Gasteiger partial charge in [-0.05, 0) is 19.1 Å². The Hall–Kier alpha value is -2.76. The van der Waals surface area contributed by atoms with Crippen molar-refractivity contribution in [2.45, 2.75) is 17.9 Å². The van der Waals surface area contributed by atoms with Crippen LogP contribution in [0, 0.1) is 0 Å². The first-order valence-corrected chi connectivity index (χ1v) is 9.62. The van der Waals surface area contributed by atoms with Gasteiger partial charge in [0.05, 0.1) is 23.5 Å². The van der Waals surface area contributed by atoms with E-state index >= 15 is 0 Å². The Balaban J connectivity index is 2.10. The molecule has 2 aromatic rings. The van der Waals surface area contributed by atoms with Crippen molar-refractivity contribution in [3.63, 3.8) is 0 Å². The molecule has 0 aliphatic carbocycles. The van der Waals surface area contributed by atoms with E-state index < -0.39 is 22.0 Å². The van der Waals surface area contributed by atoms with E-state index in [1.807, 2.05) is 0 Å². The van der Waals surface area contributed by atoms with Crippen molar-refractivity contribution < 1.29 is 18.0 Å². The highest BCUT2D eigenvalue weighted by Crippen LogP contribution is 2.15. The predicted octanol–water partition coefficient (Wildman–Crippen LogP) is -0.586. The second-order valence-electron chi connectivity index (χ2n) is 5.77. The molecule has 0 spiro atoms. The van der Waals surface area contributed by atoms with Gasteiger partial charge in [-0.1, -0.05) is 12.1 Å². The fraction of sp³-hybridized carbons (Fsp3) is 0.312. The van der Waals surface area contributed by atoms with Gasteiger partial charge in [0, 0.05) is 26.3 Å². The quantitative estimate of drug-likeness (QED) is 0.470. The van der Waals surface area contributed by atoms with Gasteiger partial charge < -0.3 is 16.4 Å². The highest BCUT2D eigenvalue weighted by molar-refractivity contribution is 7.89. The van der Waals surface area contributed by atoms with E-state index in [1.165, 1.54) is 24.0 Å². The number of aromatic nitrogens is 2. The Labute approximate surface area is 157 Å². The van der Waals surface area contributed by atoms with Crippen molar-refractivity contribution in [2.24, 2.45) is 12.8 Å². The van der Waals surface area contributed by atoms with E-state index in [4.69, 9.17) is 5.73 Å². The lowest BCUT2D eigenvalue weighted by molar-refractivity contribution is -0.117. The zero-order chi connectivity index (χ0) is 20.0. The monoisotopic (exact) mass is 394 g/mol. The number of aryl methyl sites for hydroxylation is 1. The number of benzene rings is 1. The van der Waals surface area contributed by atoms with Crippen LogP contribution in [-0.4, -0.2) is 49.1 Å². The number of hydrogen-bond donors (Lipinski definition) is 4. The molecule has 5 N–H and O–H groups in total. The molecule has 10 nitrogen and oxygen atoms in total. The molecule has 146 valence electrons. The third-order valence-corrected chi connectivity index (χ3v) is 5.07. The molecular formula is C16H22N6O4S. The van der Waals surface area contributed by atoms with Crippen LogP contribution in [0.2, 0.25) is 0 Å². The molecule has 2 rings (SSSR count). The number of hydrogen-bond acceptors (Lipinski definition) is 6. The van der Waals surface area contributed by atoms with Crippen molar-refractivity contribution in [1.29, 1.82) is 0 Å². The molecule has 2 amide bonds. The van der Waals surface area contributed by atoms with Gasteiger partial charge in [-0.3, -0.25) is 14.3 Å². The van der Waals surface area contributed by atoms with Crippen LogP contribution in [0.5, 0.6) is 0 Å². The van der Waals surface area contributed by atoms with Crippen molar-refractivity contribution in [3.8, 4) is 0 Å². The Kier molecular flexibility index (Phi) is 6.66. The number of amides is 2. The number of nitrogens with two attached hydrogens (primary N) is 1. The minimum Gasteiger partial charge on any atom is -0.351 e. The van der Waals surface area contributed by atoms with Crippen LogP contribution >= 0.6 is 0 Å². The molecule has 0 aliphatic heterocycles. The molecule has 0 radical (unpaired) electrons. The van der Waals surface area contributed by atoms with E-state index in [0.717, 1.165) is 0 Å². The molecule has 0 saturated carbocycles. The van der Waals surface area contributed by atoms with Crippen LogP contribution in [0.25, 0.3) is 0 Å². The summed E-state index contributed by atoms with van der Waals surface area (Å²) in [7, 11) is -2.32. The first kappa shape index (κ1) is 20.6. The number of sulfonamides is 1. The van der Waals surface area contributed by atoms with Crippen molar-refractivity contribution >= 4 is 27.5 Å². The van der Waals surface area contributed by atoms with E-state index in [9.17, 15) is 18.0 Å². The summed E-state index contributed by atoms with van der Waals surface area (Å²) in [6, 6.07) is 5.33. The molecule has 27 heavy (non-hydrogen) atoms. The molecule has 0 fully saturated rings. The van der Waals surface area contributed by atoms with Crippen molar-refractivity contribution in [2.75, 3.05) is 18.4 Å². The second kappa shape index (κ2) is 8.75. The van der Waals surface area contributed by atoms with Gasteiger partial charge in [0.2, 0.25) is 15.9 Å². The Morgan fingerprint density at radius 3 is 2.63 bits per heavy atom. The summed E-state index contributed by atoms with van der Waals surface area (Å²) in [5.74, 6) is -0.999. The molecule has 0 saturated heterocycles. The third-order valence-electron chi connectivity index (χ3n) is 3.58. The zero-order valence-corrected chi connectivity index (χ0v) is 15.8. The Morgan fingerprint density at radius 2 is 2.00 bits per heavy atom. The maximum atomic E-state index is 12.4. The van der Waals surface area contributed by atoms with Gasteiger partial charge in [-0.15, -0.1) is 0 Å². The van der Waals surface area contributed by atoms with Gasteiger partial charge in [-0.25, -0.2) is 8.42 Å². The van der Waals surface area contributed by atoms with Crippen molar-refractivity contribution in [1.82, 2.24) is 19.8 Å². The topological polar surface area (TPSA) is 148 Å². The maximum Gasteiger partial charge on any atom is 0.253 e. The summed E-state index contributed by atoms with van der Waals surface area (Å²) in [4.78, 5) is 24.5. The van der Waals surface area contributed by atoms with Crippen LogP contribution in [0.1, 0.15) is 17.3 Å². The van der Waals surface area contributed by atoms with Gasteiger partial charge in [0.25, 0.3) is 5.91 Å². The largest absolute Gasteiger partial charge is 0.351 e. The van der Waals surface area contributed by atoms with Crippen LogP contribution in [0.15, 0.2) is 41.6 Å². The lowest BCUT2D eigenvalue weighted by atomic mass is 10.1. The third kappa shape index (κ3) is 5.36. The average Bonchev–Trinajstić information content (AvgIpc) is 3.07. The summed E-state index contributed by atoms with van der Waals surface area (Å²) >= 11 is 0. The highest BCUT2D eigenvalue weighted by Gasteiger charge is 2.24. The van der Waals surface area contributed by atoms with Gasteiger partial charge in [-0.2, -0.15) is 9.82 Å². The summed E-state index contributed by atoms with van der Waals surface area (Å²) < 4.78 is 28.2. The molecular weight excluding hydrogens is 372 g/mol. The van der Waals surface area contributed by atoms with Gasteiger partial charge in [0.15, 0.2) is 0 Å². The van der Waals surface area contributed by atoms with Gasteiger partial charge >= 0.3 is 0 Å². The van der Waals surface area contributed by atoms with E-state index in [0.29, 0.717) is 6.54 Å². The van der Waals surface area contributed by atoms with Gasteiger partial charge in [0.1, 0.15) is 4.90 Å². The fourth-order valence-electron chi connectivity index (χ4n) is 2.20. The van der Waals surface area contributed by atoms with Crippen LogP contribution in [0.3, 0.4) is 0 Å². The number of carbonyl (C=O) groups excluding carboxylic acids is 2.